The van der Waals surface area contributed by atoms with Gasteiger partial charge >= 0.3 is 43.9 Å². The zero-order valence-electron chi connectivity index (χ0n) is 35.9. The molecule has 28 heteroatoms. The third kappa shape index (κ3) is 14.4. The number of carboxylic acid groups (broad SMARTS) is 1. The number of hydrogen-bond donors (Lipinski definition) is 3. The van der Waals surface area contributed by atoms with Crippen molar-refractivity contribution in [3.63, 3.8) is 0 Å². The smallest absolute Gasteiger partial charge is 0.870 e. The van der Waals surface area contributed by atoms with E-state index < -0.39 is 25.0 Å². The Morgan fingerprint density at radius 2 is 1.03 bits per heavy atom. The van der Waals surface area contributed by atoms with Crippen molar-refractivity contribution in [1.82, 2.24) is 58.6 Å². The zero-order chi connectivity index (χ0) is 46.1. The van der Waals surface area contributed by atoms with Crippen LogP contribution in [-0.4, -0.2) is 123 Å². The summed E-state index contributed by atoms with van der Waals surface area (Å²) in [5.41, 5.74) is 2.31. The van der Waals surface area contributed by atoms with Crippen molar-refractivity contribution in [2.75, 3.05) is 13.2 Å². The normalized spacial score (nSPS) is 9.84. The number of carboxylic acids is 1. The van der Waals surface area contributed by atoms with E-state index >= 15 is 0 Å². The summed E-state index contributed by atoms with van der Waals surface area (Å²) in [5, 5.41) is 27.3. The molecule has 0 aliphatic rings. The predicted molar refractivity (Wildman–Crippen MR) is 239 cm³/mol. The number of pyridine rings is 3. The summed E-state index contributed by atoms with van der Waals surface area (Å²) in [6, 6.07) is 9.86. The average molecular weight is 1040 g/mol. The molecule has 0 fully saturated rings. The standard InChI is InChI=1S/C14H12N4O3.C12H8N4O3.C11H12BN3O4.C3H2INO.Li.2H2O/c1-2-20-14(19)11-8-15-9-18(11)12-7-10(3-4-16-12)13-17-5-6-21-13;17-12(18)9-6-13-7-16(9)10-5-8(1-2-14-10)11-15-3-4-19-11;1-2-19-11(16)9-6-13-7-15(9)10-5-8(12(17)18)3-4-14-10;4-3-5-1-2-6-3;;;/h3-9H,2H2,1H3;1-7H,(H,17,18);3-7,17-18H,2H2,1H3;1-2H;;2*1H2/q;;;;+1;;/p-1. The van der Waals surface area contributed by atoms with Crippen LogP contribution >= 0.6 is 22.6 Å². The topological polar surface area (TPSA) is 362 Å². The van der Waals surface area contributed by atoms with Gasteiger partial charge in [0.15, 0.2) is 17.1 Å². The fourth-order valence-electron chi connectivity index (χ4n) is 5.33. The predicted octanol–water partition coefficient (Wildman–Crippen LogP) is 0.125. The summed E-state index contributed by atoms with van der Waals surface area (Å²) >= 11 is 2.00. The van der Waals surface area contributed by atoms with Crippen molar-refractivity contribution in [2.45, 2.75) is 13.8 Å². The van der Waals surface area contributed by atoms with Crippen molar-refractivity contribution in [1.29, 1.82) is 0 Å². The molecule has 0 aliphatic heterocycles. The molecule has 0 unspecified atom stereocenters. The van der Waals surface area contributed by atoms with Gasteiger partial charge in [0, 0.05) is 52.3 Å². The van der Waals surface area contributed by atoms with Crippen LogP contribution in [0.4, 0.5) is 0 Å². The number of halogens is 1. The maximum Gasteiger partial charge on any atom is 1.00 e. The van der Waals surface area contributed by atoms with Gasteiger partial charge in [0.25, 0.3) is 3.90 Å². The second-order valence-electron chi connectivity index (χ2n) is 12.3. The van der Waals surface area contributed by atoms with Crippen LogP contribution in [0.2, 0.25) is 0 Å². The molecule has 9 heterocycles. The van der Waals surface area contributed by atoms with Crippen LogP contribution in [0, 0.1) is 3.90 Å². The van der Waals surface area contributed by atoms with Crippen LogP contribution in [0.3, 0.4) is 0 Å². The molecule has 9 aromatic rings. The molecule has 68 heavy (non-hydrogen) atoms. The van der Waals surface area contributed by atoms with Crippen molar-refractivity contribution >= 4 is 53.1 Å². The molecule has 0 saturated heterocycles. The molecule has 0 spiro atoms. The Hall–Kier alpha value is -7.65. The summed E-state index contributed by atoms with van der Waals surface area (Å²) in [4.78, 5) is 70.6. The SMILES string of the molecule is CCOC(=O)c1cncn1-c1cc(-c2ncco2)ccn1.CCOC(=O)c1cncn1-c1cc(B(O)O)ccn1.Ic1ncco1.O.O=C(O)c1cncn1-c1cc(-c2ncco2)ccn1.[Li+].[OH-]. The molecule has 0 aliphatic carbocycles. The quantitative estimate of drug-likeness (QED) is 0.0880. The Labute approximate surface area is 410 Å². The minimum atomic E-state index is -1.60. The number of ether oxygens (including phenoxy) is 2. The van der Waals surface area contributed by atoms with Crippen LogP contribution in [0.25, 0.3) is 40.4 Å². The van der Waals surface area contributed by atoms with Crippen molar-refractivity contribution in [3.8, 4) is 40.4 Å². The number of carbonyl (C=O) groups is 3. The van der Waals surface area contributed by atoms with Gasteiger partial charge in [0.2, 0.25) is 11.8 Å². The van der Waals surface area contributed by atoms with Gasteiger partial charge in [-0.3, -0.25) is 13.7 Å². The van der Waals surface area contributed by atoms with Crippen LogP contribution in [0.15, 0.2) is 143 Å². The van der Waals surface area contributed by atoms with Gasteiger partial charge in [-0.15, -0.1) is 0 Å². The molecule has 0 radical (unpaired) electrons. The first kappa shape index (κ1) is 54.7. The summed E-state index contributed by atoms with van der Waals surface area (Å²) in [5.74, 6) is 0.219. The molecule has 0 amide bonds. The van der Waals surface area contributed by atoms with Crippen LogP contribution < -0.4 is 24.3 Å². The molecule has 6 N–H and O–H groups in total. The molecule has 346 valence electrons. The maximum atomic E-state index is 11.9. The van der Waals surface area contributed by atoms with Gasteiger partial charge in [-0.1, -0.05) is 0 Å². The van der Waals surface area contributed by atoms with Crippen molar-refractivity contribution in [3.05, 3.63) is 151 Å². The van der Waals surface area contributed by atoms with Gasteiger partial charge in [-0.2, -0.15) is 0 Å². The van der Waals surface area contributed by atoms with Crippen LogP contribution in [0.5, 0.6) is 0 Å². The molecule has 9 rings (SSSR count). The largest absolute Gasteiger partial charge is 1.00 e. The van der Waals surface area contributed by atoms with E-state index in [9.17, 15) is 14.4 Å². The minimum Gasteiger partial charge on any atom is -0.870 e. The second-order valence-corrected chi connectivity index (χ2v) is 13.2. The van der Waals surface area contributed by atoms with Gasteiger partial charge in [-0.05, 0) is 55.7 Å². The first-order valence-electron chi connectivity index (χ1n) is 18.8. The second kappa shape index (κ2) is 27.1. The van der Waals surface area contributed by atoms with E-state index in [4.69, 9.17) is 37.9 Å². The van der Waals surface area contributed by atoms with Gasteiger partial charge in [0.1, 0.15) is 55.2 Å². The summed E-state index contributed by atoms with van der Waals surface area (Å²) in [7, 11) is -1.60. The Bertz CT molecular complexity index is 2910. The van der Waals surface area contributed by atoms with Gasteiger partial charge < -0.3 is 48.8 Å². The maximum absolute atomic E-state index is 11.9. The molecular weight excluding hydrogens is 1000 g/mol. The average Bonchev–Trinajstić information content (AvgIpc) is 4.18. The summed E-state index contributed by atoms with van der Waals surface area (Å²) in [6.07, 6.45) is 22.2. The molecule has 9 aromatic heterocycles. The number of oxazole rings is 3. The first-order valence-corrected chi connectivity index (χ1v) is 19.9. The number of nitrogens with zero attached hydrogens (tertiary/aromatic N) is 12. The van der Waals surface area contributed by atoms with E-state index in [1.54, 1.807) is 73.7 Å². The van der Waals surface area contributed by atoms with Crippen LogP contribution in [-0.2, 0) is 9.47 Å². The zero-order valence-corrected chi connectivity index (χ0v) is 38.1. The molecule has 0 bridgehead atoms. The molecule has 0 atom stereocenters. The van der Waals surface area contributed by atoms with Crippen molar-refractivity contribution < 1.29 is 82.1 Å². The van der Waals surface area contributed by atoms with Gasteiger partial charge in [-0.25, -0.2) is 59.2 Å². The van der Waals surface area contributed by atoms with Crippen LogP contribution in [0.1, 0.15) is 45.3 Å². The number of esters is 2. The number of rotatable bonds is 11. The Kier molecular flexibility index (Phi) is 21.8. The number of imidazole rings is 3. The Morgan fingerprint density at radius 1 is 0.618 bits per heavy atom. The molecular formula is C40H37BILiN12O13. The van der Waals surface area contributed by atoms with E-state index in [2.05, 4.69) is 44.9 Å². The van der Waals surface area contributed by atoms with E-state index in [1.807, 2.05) is 22.6 Å². The van der Waals surface area contributed by atoms with Gasteiger partial charge in [0.05, 0.1) is 50.4 Å². The Balaban J connectivity index is 0.000000249. The number of hydrogen-bond acceptors (Lipinski definition) is 20. The Morgan fingerprint density at radius 3 is 1.40 bits per heavy atom. The monoisotopic (exact) mass is 1040 g/mol. The van der Waals surface area contributed by atoms with Crippen molar-refractivity contribution in [2.24, 2.45) is 0 Å². The first-order chi connectivity index (χ1) is 31.6. The third-order valence-electron chi connectivity index (χ3n) is 8.16. The number of carbonyl (C=O) groups excluding carboxylic acids is 2. The molecule has 25 nitrogen and oxygen atoms in total. The van der Waals surface area contributed by atoms with E-state index in [0.29, 0.717) is 51.0 Å². The number of aromatic carboxylic acids is 1. The molecule has 0 aromatic carbocycles. The van der Waals surface area contributed by atoms with E-state index in [-0.39, 0.29) is 53.3 Å². The minimum absolute atomic E-state index is 0. The summed E-state index contributed by atoms with van der Waals surface area (Å²) < 4.78 is 30.1. The van der Waals surface area contributed by atoms with E-state index in [0.717, 1.165) is 5.56 Å². The molecule has 0 saturated carbocycles. The fourth-order valence-corrected chi connectivity index (χ4v) is 5.64. The fraction of sp³-hybridized carbons (Fsp3) is 0.100. The number of aromatic nitrogens is 12. The summed E-state index contributed by atoms with van der Waals surface area (Å²) in [6.45, 7) is 4.01. The third-order valence-corrected chi connectivity index (χ3v) is 8.70. The van der Waals surface area contributed by atoms with E-state index in [1.165, 1.54) is 83.8 Å².